The fourth-order valence-electron chi connectivity index (χ4n) is 0.373. The van der Waals surface area contributed by atoms with Gasteiger partial charge in [-0.3, -0.25) is 0 Å². The lowest BCUT2D eigenvalue weighted by atomic mass is 10.3. The molecule has 9 heavy (non-hydrogen) atoms. The maximum atomic E-state index is 3.54. The molecule has 56 valence electrons. The van der Waals surface area contributed by atoms with E-state index in [1.54, 1.807) is 0 Å². The highest BCUT2D eigenvalue weighted by Crippen LogP contribution is 2.23. The predicted octanol–water partition coefficient (Wildman–Crippen LogP) is 3.69. The van der Waals surface area contributed by atoms with Gasteiger partial charge in [-0.1, -0.05) is 70.6 Å². The van der Waals surface area contributed by atoms with Crippen LogP contribution in [0.4, 0.5) is 0 Å². The summed E-state index contributed by atoms with van der Waals surface area (Å²) in [7, 11) is 0. The first-order valence-corrected chi connectivity index (χ1v) is 6.44. The van der Waals surface area contributed by atoms with Crippen molar-refractivity contribution in [3.63, 3.8) is 0 Å². The summed E-state index contributed by atoms with van der Waals surface area (Å²) in [5, 5.41) is 0.971. The van der Waals surface area contributed by atoms with E-state index in [2.05, 4.69) is 70.6 Å². The Morgan fingerprint density at radius 1 is 1.22 bits per heavy atom. The smallest absolute Gasteiger partial charge is 0.0401 e. The van der Waals surface area contributed by atoms with Crippen molar-refractivity contribution in [2.24, 2.45) is 0 Å². The molecule has 0 heterocycles. The van der Waals surface area contributed by atoms with Gasteiger partial charge < -0.3 is 0 Å². The van der Waals surface area contributed by atoms with Crippen LogP contribution >= 0.6 is 63.7 Å². The Kier molecular flexibility index (Phi) is 6.74. The van der Waals surface area contributed by atoms with Crippen molar-refractivity contribution in [3.05, 3.63) is 0 Å². The lowest BCUT2D eigenvalue weighted by molar-refractivity contribution is 0.868. The molecule has 4 heteroatoms. The average molecular weight is 388 g/mol. The monoisotopic (exact) mass is 384 g/mol. The molecule has 0 aromatic carbocycles. The van der Waals surface area contributed by atoms with Gasteiger partial charge in [0, 0.05) is 19.8 Å². The van der Waals surface area contributed by atoms with E-state index in [1.807, 2.05) is 0 Å². The van der Waals surface area contributed by atoms with Crippen molar-refractivity contribution in [1.82, 2.24) is 0 Å². The molecule has 0 aromatic rings. The van der Waals surface area contributed by atoms with Crippen LogP contribution in [0, 0.1) is 0 Å². The first-order chi connectivity index (χ1) is 4.09. The van der Waals surface area contributed by atoms with Gasteiger partial charge in [0.05, 0.1) is 0 Å². The Labute approximate surface area is 89.7 Å². The molecule has 3 unspecified atom stereocenters. The van der Waals surface area contributed by atoms with Crippen LogP contribution in [0.15, 0.2) is 0 Å². The second-order valence-electron chi connectivity index (χ2n) is 1.79. The van der Waals surface area contributed by atoms with Crippen LogP contribution in [0.5, 0.6) is 0 Å². The molecule has 0 fully saturated rings. The Balaban J connectivity index is 3.58. The third-order valence-corrected chi connectivity index (χ3v) is 6.81. The average Bonchev–Trinajstić information content (AvgIpc) is 1.84. The maximum Gasteiger partial charge on any atom is 0.0401 e. The van der Waals surface area contributed by atoms with Gasteiger partial charge in [0.25, 0.3) is 0 Å². The lowest BCUT2D eigenvalue weighted by Gasteiger charge is -2.15. The van der Waals surface area contributed by atoms with E-state index in [0.29, 0.717) is 14.5 Å². The maximum absolute atomic E-state index is 3.54. The van der Waals surface area contributed by atoms with E-state index in [-0.39, 0.29) is 0 Å². The minimum Gasteiger partial charge on any atom is -0.0916 e. The summed E-state index contributed by atoms with van der Waals surface area (Å²) in [4.78, 5) is 1.48. The van der Waals surface area contributed by atoms with Crippen LogP contribution in [0.25, 0.3) is 0 Å². The van der Waals surface area contributed by atoms with E-state index >= 15 is 0 Å². The first-order valence-electron chi connectivity index (χ1n) is 2.57. The van der Waals surface area contributed by atoms with Gasteiger partial charge in [-0.25, -0.2) is 0 Å². The standard InChI is InChI=1S/C5H8Br4/c1-3(7)5(9)4(8)2-6/h3-5H,2H2,1H3. The van der Waals surface area contributed by atoms with E-state index in [4.69, 9.17) is 0 Å². The second kappa shape index (κ2) is 5.56. The van der Waals surface area contributed by atoms with Crippen LogP contribution in [0.2, 0.25) is 0 Å². The van der Waals surface area contributed by atoms with Gasteiger partial charge >= 0.3 is 0 Å². The number of halogens is 4. The van der Waals surface area contributed by atoms with Crippen LogP contribution in [-0.2, 0) is 0 Å². The highest BCUT2D eigenvalue weighted by molar-refractivity contribution is 9.14. The van der Waals surface area contributed by atoms with Crippen molar-refractivity contribution in [3.8, 4) is 0 Å². The lowest BCUT2D eigenvalue weighted by Crippen LogP contribution is -2.22. The molecule has 0 saturated heterocycles. The first kappa shape index (κ1) is 10.9. The van der Waals surface area contributed by atoms with Gasteiger partial charge in [-0.2, -0.15) is 0 Å². The van der Waals surface area contributed by atoms with Gasteiger partial charge in [-0.05, 0) is 0 Å². The highest BCUT2D eigenvalue weighted by Gasteiger charge is 2.18. The van der Waals surface area contributed by atoms with Crippen LogP contribution in [0.3, 0.4) is 0 Å². The van der Waals surface area contributed by atoms with Gasteiger partial charge in [0.1, 0.15) is 0 Å². The second-order valence-corrected chi connectivity index (χ2v) is 6.12. The molecule has 0 N–H and O–H groups in total. The predicted molar refractivity (Wildman–Crippen MR) is 57.6 cm³/mol. The molecular weight excluding hydrogens is 380 g/mol. The summed E-state index contributed by atoms with van der Waals surface area (Å²) in [6, 6.07) is 0. The van der Waals surface area contributed by atoms with Gasteiger partial charge in [-0.15, -0.1) is 0 Å². The zero-order valence-electron chi connectivity index (χ0n) is 4.95. The third-order valence-electron chi connectivity index (χ3n) is 0.932. The van der Waals surface area contributed by atoms with E-state index in [1.165, 1.54) is 0 Å². The molecule has 0 saturated carbocycles. The Bertz CT molecular complexity index is 73.4. The Hall–Kier alpha value is 1.92. The molecule has 0 aromatic heterocycles. The summed E-state index contributed by atoms with van der Waals surface area (Å²) in [5.41, 5.74) is 0. The summed E-state index contributed by atoms with van der Waals surface area (Å²) in [6.45, 7) is 2.12. The Morgan fingerprint density at radius 3 is 1.78 bits per heavy atom. The van der Waals surface area contributed by atoms with Crippen molar-refractivity contribution >= 4 is 63.7 Å². The third kappa shape index (κ3) is 4.38. The molecule has 0 spiro atoms. The van der Waals surface area contributed by atoms with Gasteiger partial charge in [0.15, 0.2) is 0 Å². The Morgan fingerprint density at radius 2 is 1.67 bits per heavy atom. The summed E-state index contributed by atoms with van der Waals surface area (Å²) in [5.74, 6) is 0. The molecule has 3 atom stereocenters. The topological polar surface area (TPSA) is 0 Å². The fraction of sp³-hybridized carbons (Fsp3) is 1.00. The molecule has 0 aliphatic carbocycles. The van der Waals surface area contributed by atoms with E-state index in [9.17, 15) is 0 Å². The molecule has 0 rings (SSSR count). The molecule has 0 aliphatic rings. The van der Waals surface area contributed by atoms with Crippen LogP contribution < -0.4 is 0 Å². The SMILES string of the molecule is CC(Br)C(Br)C(Br)CBr. The quantitative estimate of drug-likeness (QED) is 0.648. The van der Waals surface area contributed by atoms with Crippen LogP contribution in [-0.4, -0.2) is 19.8 Å². The number of alkyl halides is 4. The van der Waals surface area contributed by atoms with Crippen molar-refractivity contribution in [2.75, 3.05) is 5.33 Å². The molecule has 0 amide bonds. The fourth-order valence-corrected chi connectivity index (χ4v) is 2.70. The summed E-state index contributed by atoms with van der Waals surface area (Å²) < 4.78 is 0. The normalized spacial score (nSPS) is 21.0. The van der Waals surface area contributed by atoms with Crippen LogP contribution in [0.1, 0.15) is 6.92 Å². The summed E-state index contributed by atoms with van der Waals surface area (Å²) in [6.07, 6.45) is 0. The molecule has 0 nitrogen and oxygen atoms in total. The highest BCUT2D eigenvalue weighted by atomic mass is 79.9. The molecule has 0 radical (unpaired) electrons. The zero-order valence-corrected chi connectivity index (χ0v) is 11.3. The van der Waals surface area contributed by atoms with Crippen molar-refractivity contribution < 1.29 is 0 Å². The number of rotatable bonds is 3. The van der Waals surface area contributed by atoms with Crippen molar-refractivity contribution in [2.45, 2.75) is 21.4 Å². The van der Waals surface area contributed by atoms with E-state index in [0.717, 1.165) is 5.33 Å². The van der Waals surface area contributed by atoms with Crippen molar-refractivity contribution in [1.29, 1.82) is 0 Å². The molecular formula is C5H8Br4. The number of hydrogen-bond acceptors (Lipinski definition) is 0. The largest absolute Gasteiger partial charge is 0.0916 e. The number of hydrogen-bond donors (Lipinski definition) is 0. The zero-order chi connectivity index (χ0) is 7.44. The molecule has 0 aliphatic heterocycles. The minimum absolute atomic E-state index is 0.483. The van der Waals surface area contributed by atoms with E-state index < -0.39 is 0 Å². The minimum atomic E-state index is 0.483. The summed E-state index contributed by atoms with van der Waals surface area (Å²) >= 11 is 13.9. The van der Waals surface area contributed by atoms with Gasteiger partial charge in [0.2, 0.25) is 0 Å². The molecule has 0 bridgehead atoms.